The van der Waals surface area contributed by atoms with Crippen molar-refractivity contribution in [2.75, 3.05) is 0 Å². The number of nitrogens with one attached hydrogen (secondary N) is 2. The van der Waals surface area contributed by atoms with Gasteiger partial charge >= 0.3 is 16.9 Å². The smallest absolute Gasteiger partial charge is 0.357 e. The van der Waals surface area contributed by atoms with Crippen molar-refractivity contribution in [3.8, 4) is 5.75 Å². The van der Waals surface area contributed by atoms with E-state index >= 15 is 0 Å². The van der Waals surface area contributed by atoms with Crippen molar-refractivity contribution in [2.45, 2.75) is 6.61 Å². The van der Waals surface area contributed by atoms with Gasteiger partial charge < -0.3 is 9.72 Å². The number of H-pyrrole nitrogens is 2. The summed E-state index contributed by atoms with van der Waals surface area (Å²) in [7, 11) is 0. The van der Waals surface area contributed by atoms with E-state index in [1.807, 2.05) is 0 Å². The molecule has 2 aromatic carbocycles. The molecule has 0 atom stereocenters. The summed E-state index contributed by atoms with van der Waals surface area (Å²) >= 11 is 5.95. The first kappa shape index (κ1) is 20.0. The molecular weight excluding hydrogens is 405 g/mol. The van der Waals surface area contributed by atoms with Crippen molar-refractivity contribution >= 4 is 29.4 Å². The predicted molar refractivity (Wildman–Crippen MR) is 105 cm³/mol. The summed E-state index contributed by atoms with van der Waals surface area (Å²) in [4.78, 5) is 37.1. The Balaban J connectivity index is 1.75. The number of nitro groups is 1. The molecule has 148 valence electrons. The zero-order chi connectivity index (χ0) is 21.0. The minimum Gasteiger partial charge on any atom is -0.489 e. The van der Waals surface area contributed by atoms with E-state index in [1.165, 1.54) is 24.3 Å². The summed E-state index contributed by atoms with van der Waals surface area (Å²) in [6.45, 7) is -0.0546. The third kappa shape index (κ3) is 4.77. The molecule has 0 unspecified atom stereocenters. The lowest BCUT2D eigenvalue weighted by molar-refractivity contribution is -0.386. The summed E-state index contributed by atoms with van der Waals surface area (Å²) in [6.07, 6.45) is 2.74. The fraction of sp³-hybridized carbons (Fsp3) is 0.0526. The highest BCUT2D eigenvalue weighted by Gasteiger charge is 2.18. The Morgan fingerprint density at radius 3 is 2.48 bits per heavy atom. The highest BCUT2D eigenvalue weighted by Crippen LogP contribution is 2.22. The molecule has 3 rings (SSSR count). The molecular formula is C19H13ClFN3O5. The topological polar surface area (TPSA) is 118 Å². The van der Waals surface area contributed by atoms with Crippen LogP contribution in [0.1, 0.15) is 16.8 Å². The molecule has 0 spiro atoms. The van der Waals surface area contributed by atoms with Crippen LogP contribution in [0.15, 0.2) is 52.1 Å². The fourth-order valence-electron chi connectivity index (χ4n) is 2.48. The van der Waals surface area contributed by atoms with Crippen molar-refractivity contribution in [3.05, 3.63) is 101 Å². The zero-order valence-electron chi connectivity index (χ0n) is 14.6. The average molecular weight is 418 g/mol. The van der Waals surface area contributed by atoms with Gasteiger partial charge in [-0.1, -0.05) is 35.9 Å². The van der Waals surface area contributed by atoms with Crippen molar-refractivity contribution in [2.24, 2.45) is 0 Å². The number of nitrogens with zero attached hydrogens (tertiary/aromatic N) is 1. The first-order valence-electron chi connectivity index (χ1n) is 8.20. The number of halogens is 2. The molecule has 0 radical (unpaired) electrons. The number of hydrogen-bond acceptors (Lipinski definition) is 5. The quantitative estimate of drug-likeness (QED) is 0.470. The lowest BCUT2D eigenvalue weighted by atomic mass is 10.2. The van der Waals surface area contributed by atoms with Crippen LogP contribution < -0.4 is 16.0 Å². The molecule has 0 aliphatic carbocycles. The first-order chi connectivity index (χ1) is 13.8. The molecule has 10 heteroatoms. The van der Waals surface area contributed by atoms with Crippen molar-refractivity contribution in [3.63, 3.8) is 0 Å². The molecule has 0 fully saturated rings. The normalized spacial score (nSPS) is 11.0. The van der Waals surface area contributed by atoms with E-state index in [0.717, 1.165) is 0 Å². The highest BCUT2D eigenvalue weighted by molar-refractivity contribution is 6.31. The standard InChI is InChI=1S/C19H13ClFN3O5/c20-14-2-1-3-15(21)13(14)10-29-12-7-4-11(5-8-12)6-9-16-17(24(27)28)18(25)23-19(26)22-16/h1-9H,10H2,(H2,22,23,25,26). The second-order valence-electron chi connectivity index (χ2n) is 5.82. The van der Waals surface area contributed by atoms with E-state index < -0.39 is 27.7 Å². The SMILES string of the molecule is O=c1[nH]c(C=Cc2ccc(OCc3c(F)cccc3Cl)cc2)c([N+](=O)[O-])c(=O)[nH]1. The summed E-state index contributed by atoms with van der Waals surface area (Å²) in [5.74, 6) is -0.0116. The molecule has 2 N–H and O–H groups in total. The molecule has 3 aromatic rings. The van der Waals surface area contributed by atoms with Gasteiger partial charge in [-0.05, 0) is 35.9 Å². The van der Waals surface area contributed by atoms with Crippen molar-refractivity contribution in [1.82, 2.24) is 9.97 Å². The number of ether oxygens (including phenoxy) is 1. The Morgan fingerprint density at radius 2 is 1.83 bits per heavy atom. The van der Waals surface area contributed by atoms with Gasteiger partial charge in [0.1, 0.15) is 23.9 Å². The Kier molecular flexibility index (Phi) is 5.89. The Morgan fingerprint density at radius 1 is 1.10 bits per heavy atom. The van der Waals surface area contributed by atoms with Gasteiger partial charge in [0.2, 0.25) is 0 Å². The summed E-state index contributed by atoms with van der Waals surface area (Å²) in [6, 6.07) is 10.9. The molecule has 0 bridgehead atoms. The van der Waals surface area contributed by atoms with Crippen LogP contribution in [0.5, 0.6) is 5.75 Å². The Labute approximate surface area is 167 Å². The van der Waals surface area contributed by atoms with Gasteiger partial charge in [0.25, 0.3) is 0 Å². The van der Waals surface area contributed by atoms with Crippen LogP contribution in [0.3, 0.4) is 0 Å². The molecule has 0 amide bonds. The van der Waals surface area contributed by atoms with Gasteiger partial charge in [-0.15, -0.1) is 0 Å². The van der Waals surface area contributed by atoms with Crippen LogP contribution in [-0.2, 0) is 6.61 Å². The minimum absolute atomic E-state index is 0.0546. The highest BCUT2D eigenvalue weighted by atomic mass is 35.5. The van der Waals surface area contributed by atoms with Gasteiger partial charge in [0.15, 0.2) is 0 Å². The third-order valence-corrected chi connectivity index (χ3v) is 4.25. The Hall–Kier alpha value is -3.72. The van der Waals surface area contributed by atoms with Crippen LogP contribution >= 0.6 is 11.6 Å². The lowest BCUT2D eigenvalue weighted by Crippen LogP contribution is -2.25. The van der Waals surface area contributed by atoms with Gasteiger partial charge in [0.05, 0.1) is 9.95 Å². The molecule has 0 aliphatic rings. The molecule has 0 saturated carbocycles. The van der Waals surface area contributed by atoms with Gasteiger partial charge in [0, 0.05) is 5.56 Å². The maximum Gasteiger partial charge on any atom is 0.357 e. The van der Waals surface area contributed by atoms with Crippen LogP contribution in [0.25, 0.3) is 12.2 Å². The summed E-state index contributed by atoms with van der Waals surface area (Å²) in [5.41, 5.74) is -2.06. The molecule has 0 saturated heterocycles. The largest absolute Gasteiger partial charge is 0.489 e. The monoisotopic (exact) mass is 417 g/mol. The minimum atomic E-state index is -1.09. The van der Waals surface area contributed by atoms with E-state index in [0.29, 0.717) is 11.3 Å². The first-order valence-corrected chi connectivity index (χ1v) is 8.58. The number of aromatic amines is 2. The third-order valence-electron chi connectivity index (χ3n) is 3.90. The van der Waals surface area contributed by atoms with E-state index in [4.69, 9.17) is 16.3 Å². The van der Waals surface area contributed by atoms with Crippen LogP contribution in [0.4, 0.5) is 10.1 Å². The molecule has 1 aromatic heterocycles. The van der Waals surface area contributed by atoms with Crippen molar-refractivity contribution < 1.29 is 14.1 Å². The molecule has 1 heterocycles. The van der Waals surface area contributed by atoms with Crippen LogP contribution in [0.2, 0.25) is 5.02 Å². The molecule has 29 heavy (non-hydrogen) atoms. The fourth-order valence-corrected chi connectivity index (χ4v) is 2.70. The van der Waals surface area contributed by atoms with E-state index in [2.05, 4.69) is 4.98 Å². The lowest BCUT2D eigenvalue weighted by Gasteiger charge is -2.09. The van der Waals surface area contributed by atoms with Crippen LogP contribution in [-0.4, -0.2) is 14.9 Å². The van der Waals surface area contributed by atoms with Crippen molar-refractivity contribution in [1.29, 1.82) is 0 Å². The average Bonchev–Trinajstić information content (AvgIpc) is 2.66. The van der Waals surface area contributed by atoms with Crippen LogP contribution in [0, 0.1) is 15.9 Å². The second-order valence-corrected chi connectivity index (χ2v) is 6.23. The van der Waals surface area contributed by atoms with Gasteiger partial charge in [-0.3, -0.25) is 19.9 Å². The number of aromatic nitrogens is 2. The second kappa shape index (κ2) is 8.53. The summed E-state index contributed by atoms with van der Waals surface area (Å²) in [5, 5.41) is 11.3. The Bertz CT molecular complexity index is 1180. The van der Waals surface area contributed by atoms with E-state index in [-0.39, 0.29) is 22.9 Å². The number of benzene rings is 2. The maximum absolute atomic E-state index is 13.8. The van der Waals surface area contributed by atoms with Gasteiger partial charge in [-0.25, -0.2) is 9.18 Å². The zero-order valence-corrected chi connectivity index (χ0v) is 15.4. The maximum atomic E-state index is 13.8. The van der Waals surface area contributed by atoms with Gasteiger partial charge in [-0.2, -0.15) is 0 Å². The summed E-state index contributed by atoms with van der Waals surface area (Å²) < 4.78 is 19.3. The molecule has 8 nitrogen and oxygen atoms in total. The number of hydrogen-bond donors (Lipinski definition) is 2. The number of rotatable bonds is 6. The van der Waals surface area contributed by atoms with E-state index in [1.54, 1.807) is 35.3 Å². The predicted octanol–water partition coefficient (Wildman–Crippen LogP) is 3.51. The molecule has 0 aliphatic heterocycles. The van der Waals surface area contributed by atoms with E-state index in [9.17, 15) is 24.1 Å².